The Hall–Kier alpha value is -0.570. The number of unbranched alkanes of at least 4 members (excludes halogenated alkanes) is 1. The van der Waals surface area contributed by atoms with Gasteiger partial charge in [0.05, 0.1) is 12.0 Å². The largest absolute Gasteiger partial charge is 0.481 e. The Bertz CT molecular complexity index is 179. The molecule has 0 radical (unpaired) electrons. The Morgan fingerprint density at radius 1 is 1.50 bits per heavy atom. The molecule has 0 aromatic carbocycles. The second-order valence-corrected chi connectivity index (χ2v) is 4.05. The van der Waals surface area contributed by atoms with Crippen LogP contribution in [0.5, 0.6) is 0 Å². The fourth-order valence-corrected chi connectivity index (χ4v) is 1.91. The van der Waals surface area contributed by atoms with Crippen LogP contribution in [0.3, 0.4) is 0 Å². The molecule has 0 aromatic heterocycles. The lowest BCUT2D eigenvalue weighted by molar-refractivity contribution is -0.144. The number of hydrogen-bond donors (Lipinski definition) is 1. The summed E-state index contributed by atoms with van der Waals surface area (Å²) < 4.78 is 5.64. The summed E-state index contributed by atoms with van der Waals surface area (Å²) in [7, 11) is 0. The molecule has 0 heterocycles. The van der Waals surface area contributed by atoms with Crippen molar-refractivity contribution >= 4 is 5.97 Å². The summed E-state index contributed by atoms with van der Waals surface area (Å²) >= 11 is 0. The maximum absolute atomic E-state index is 10.8. The van der Waals surface area contributed by atoms with E-state index in [2.05, 4.69) is 6.92 Å². The molecule has 0 aliphatic heterocycles. The Balaban J connectivity index is 2.22. The minimum atomic E-state index is -0.659. The highest BCUT2D eigenvalue weighted by Crippen LogP contribution is 2.26. The fourth-order valence-electron chi connectivity index (χ4n) is 1.91. The first kappa shape index (κ1) is 11.5. The first-order valence-electron chi connectivity index (χ1n) is 5.58. The van der Waals surface area contributed by atoms with Crippen molar-refractivity contribution in [2.75, 3.05) is 6.61 Å². The van der Waals surface area contributed by atoms with E-state index < -0.39 is 5.97 Å². The summed E-state index contributed by atoms with van der Waals surface area (Å²) in [4.78, 5) is 10.8. The highest BCUT2D eigenvalue weighted by molar-refractivity contribution is 5.70. The molecule has 0 amide bonds. The van der Waals surface area contributed by atoms with Crippen molar-refractivity contribution < 1.29 is 14.6 Å². The molecule has 2 unspecified atom stereocenters. The quantitative estimate of drug-likeness (QED) is 0.693. The van der Waals surface area contributed by atoms with Gasteiger partial charge in [0.15, 0.2) is 0 Å². The van der Waals surface area contributed by atoms with Gasteiger partial charge in [0.25, 0.3) is 0 Å². The van der Waals surface area contributed by atoms with Gasteiger partial charge < -0.3 is 9.84 Å². The number of hydrogen-bond acceptors (Lipinski definition) is 2. The smallest absolute Gasteiger partial charge is 0.306 e. The summed E-state index contributed by atoms with van der Waals surface area (Å²) in [5, 5.41) is 8.87. The van der Waals surface area contributed by atoms with E-state index in [-0.39, 0.29) is 12.0 Å². The van der Waals surface area contributed by atoms with Gasteiger partial charge in [0.1, 0.15) is 0 Å². The van der Waals surface area contributed by atoms with Crippen LogP contribution >= 0.6 is 0 Å². The van der Waals surface area contributed by atoms with Gasteiger partial charge in [-0.05, 0) is 25.7 Å². The van der Waals surface area contributed by atoms with E-state index in [0.717, 1.165) is 38.7 Å². The van der Waals surface area contributed by atoms with Gasteiger partial charge in [-0.15, -0.1) is 0 Å². The molecule has 0 bridgehead atoms. The number of carbonyl (C=O) groups is 1. The van der Waals surface area contributed by atoms with Crippen molar-refractivity contribution in [1.29, 1.82) is 0 Å². The van der Waals surface area contributed by atoms with E-state index in [0.29, 0.717) is 6.42 Å². The summed E-state index contributed by atoms with van der Waals surface area (Å²) in [6.45, 7) is 2.91. The van der Waals surface area contributed by atoms with E-state index >= 15 is 0 Å². The third-order valence-corrected chi connectivity index (χ3v) is 2.83. The van der Waals surface area contributed by atoms with Gasteiger partial charge in [-0.25, -0.2) is 0 Å². The van der Waals surface area contributed by atoms with Crippen molar-refractivity contribution in [3.63, 3.8) is 0 Å². The van der Waals surface area contributed by atoms with Gasteiger partial charge in [0, 0.05) is 6.61 Å². The van der Waals surface area contributed by atoms with Crippen LogP contribution in [0, 0.1) is 5.92 Å². The average molecular weight is 200 g/mol. The molecule has 1 aliphatic rings. The molecule has 2 atom stereocenters. The summed E-state index contributed by atoms with van der Waals surface area (Å²) in [5.74, 6) is -0.829. The molecule has 0 saturated heterocycles. The van der Waals surface area contributed by atoms with Crippen LogP contribution in [0.1, 0.15) is 45.4 Å². The fraction of sp³-hybridized carbons (Fsp3) is 0.909. The van der Waals surface area contributed by atoms with Crippen molar-refractivity contribution in [3.05, 3.63) is 0 Å². The van der Waals surface area contributed by atoms with Crippen LogP contribution in [0.2, 0.25) is 0 Å². The summed E-state index contributed by atoms with van der Waals surface area (Å²) in [6.07, 6.45) is 5.96. The van der Waals surface area contributed by atoms with Crippen molar-refractivity contribution in [2.24, 2.45) is 5.92 Å². The Morgan fingerprint density at radius 3 is 2.93 bits per heavy atom. The van der Waals surface area contributed by atoms with Gasteiger partial charge in [0.2, 0.25) is 0 Å². The molecule has 3 nitrogen and oxygen atoms in total. The highest BCUT2D eigenvalue weighted by atomic mass is 16.5. The topological polar surface area (TPSA) is 46.5 Å². The molecule has 1 rings (SSSR count). The Morgan fingerprint density at radius 2 is 2.29 bits per heavy atom. The number of carboxylic acids is 1. The number of ether oxygens (including phenoxy) is 1. The van der Waals surface area contributed by atoms with Crippen molar-refractivity contribution in [2.45, 2.75) is 51.6 Å². The normalized spacial score (nSPS) is 27.5. The SMILES string of the molecule is CCCCOC1CCCC(C(=O)O)C1. The van der Waals surface area contributed by atoms with E-state index in [1.54, 1.807) is 0 Å². The van der Waals surface area contributed by atoms with Gasteiger partial charge in [-0.2, -0.15) is 0 Å². The van der Waals surface area contributed by atoms with Crippen LogP contribution in [0.25, 0.3) is 0 Å². The molecule has 0 spiro atoms. The lowest BCUT2D eigenvalue weighted by Crippen LogP contribution is -2.27. The predicted octanol–water partition coefficient (Wildman–Crippen LogP) is 2.45. The first-order valence-corrected chi connectivity index (χ1v) is 5.58. The second-order valence-electron chi connectivity index (χ2n) is 4.05. The lowest BCUT2D eigenvalue weighted by Gasteiger charge is -2.26. The Kier molecular flexibility index (Phi) is 4.94. The summed E-state index contributed by atoms with van der Waals surface area (Å²) in [5.41, 5.74) is 0. The van der Waals surface area contributed by atoms with E-state index in [1.807, 2.05) is 0 Å². The molecule has 1 saturated carbocycles. The second kappa shape index (κ2) is 6.02. The third kappa shape index (κ3) is 3.66. The zero-order valence-corrected chi connectivity index (χ0v) is 8.87. The molecule has 1 N–H and O–H groups in total. The average Bonchev–Trinajstić information content (AvgIpc) is 2.19. The third-order valence-electron chi connectivity index (χ3n) is 2.83. The highest BCUT2D eigenvalue weighted by Gasteiger charge is 2.27. The number of aliphatic carboxylic acids is 1. The van der Waals surface area contributed by atoms with E-state index in [9.17, 15) is 4.79 Å². The van der Waals surface area contributed by atoms with Crippen LogP contribution in [-0.2, 0) is 9.53 Å². The summed E-state index contributed by atoms with van der Waals surface area (Å²) in [6, 6.07) is 0. The zero-order valence-electron chi connectivity index (χ0n) is 8.87. The van der Waals surface area contributed by atoms with Gasteiger partial charge in [-0.3, -0.25) is 4.79 Å². The first-order chi connectivity index (χ1) is 6.74. The monoisotopic (exact) mass is 200 g/mol. The van der Waals surface area contributed by atoms with E-state index in [1.165, 1.54) is 0 Å². The molecular weight excluding hydrogens is 180 g/mol. The molecule has 3 heteroatoms. The van der Waals surface area contributed by atoms with Crippen LogP contribution in [0.15, 0.2) is 0 Å². The van der Waals surface area contributed by atoms with E-state index in [4.69, 9.17) is 9.84 Å². The molecule has 1 fully saturated rings. The standard InChI is InChI=1S/C11H20O3/c1-2-3-7-14-10-6-4-5-9(8-10)11(12)13/h9-10H,2-8H2,1H3,(H,12,13). The maximum Gasteiger partial charge on any atom is 0.306 e. The zero-order chi connectivity index (χ0) is 10.4. The van der Waals surface area contributed by atoms with Crippen molar-refractivity contribution in [3.8, 4) is 0 Å². The lowest BCUT2D eigenvalue weighted by atomic mass is 9.87. The minimum absolute atomic E-state index is 0.171. The molecule has 0 aromatic rings. The minimum Gasteiger partial charge on any atom is -0.481 e. The predicted molar refractivity (Wildman–Crippen MR) is 54.2 cm³/mol. The van der Waals surface area contributed by atoms with Gasteiger partial charge in [-0.1, -0.05) is 19.8 Å². The molecule has 1 aliphatic carbocycles. The number of carboxylic acid groups (broad SMARTS) is 1. The molecular formula is C11H20O3. The van der Waals surface area contributed by atoms with Crippen LogP contribution in [-0.4, -0.2) is 23.8 Å². The number of rotatable bonds is 5. The molecule has 82 valence electrons. The van der Waals surface area contributed by atoms with Crippen LogP contribution < -0.4 is 0 Å². The Labute approximate surface area is 85.5 Å². The van der Waals surface area contributed by atoms with Crippen LogP contribution in [0.4, 0.5) is 0 Å². The van der Waals surface area contributed by atoms with Gasteiger partial charge >= 0.3 is 5.97 Å². The van der Waals surface area contributed by atoms with Crippen molar-refractivity contribution in [1.82, 2.24) is 0 Å². The maximum atomic E-state index is 10.8. The molecule has 14 heavy (non-hydrogen) atoms.